The number of hydrogen-bond donors (Lipinski definition) is 1. The fourth-order valence-corrected chi connectivity index (χ4v) is 1.77. The second-order valence-electron chi connectivity index (χ2n) is 2.45. The van der Waals surface area contributed by atoms with Gasteiger partial charge in [-0.05, 0) is 13.0 Å². The summed E-state index contributed by atoms with van der Waals surface area (Å²) >= 11 is 3.43. The van der Waals surface area contributed by atoms with Gasteiger partial charge in [0.2, 0.25) is 0 Å². The smallest absolute Gasteiger partial charge is 0.0910 e. The Kier molecular flexibility index (Phi) is 2.50. The Bertz CT molecular complexity index is 85.1. The van der Waals surface area contributed by atoms with Gasteiger partial charge in [0, 0.05) is 19.0 Å². The molecule has 2 nitrogen and oxygen atoms in total. The van der Waals surface area contributed by atoms with Crippen LogP contribution in [0.15, 0.2) is 0 Å². The first-order valence-corrected chi connectivity index (χ1v) is 4.27. The van der Waals surface area contributed by atoms with Crippen LogP contribution in [0.1, 0.15) is 6.42 Å². The first-order valence-electron chi connectivity index (χ1n) is 3.15. The lowest BCUT2D eigenvalue weighted by Gasteiger charge is -2.23. The summed E-state index contributed by atoms with van der Waals surface area (Å²) in [5, 5.41) is 4.19. The summed E-state index contributed by atoms with van der Waals surface area (Å²) in [4.78, 5) is 0. The summed E-state index contributed by atoms with van der Waals surface area (Å²) in [6, 6.07) is 0. The fourth-order valence-electron chi connectivity index (χ4n) is 1.06. The van der Waals surface area contributed by atoms with Crippen molar-refractivity contribution in [3.05, 3.63) is 0 Å². The molecule has 1 aliphatic heterocycles. The average Bonchev–Trinajstić information content (AvgIpc) is 2.36. The average molecular weight is 194 g/mol. The number of rotatable bonds is 2. The molecular formula is C6H12BrNO. The molecule has 0 spiro atoms. The summed E-state index contributed by atoms with van der Waals surface area (Å²) in [5.41, 5.74) is 0.0833. The van der Waals surface area contributed by atoms with E-state index in [9.17, 15) is 0 Å². The van der Waals surface area contributed by atoms with Gasteiger partial charge < -0.3 is 10.1 Å². The lowest BCUT2D eigenvalue weighted by molar-refractivity contribution is 0.0295. The van der Waals surface area contributed by atoms with Crippen molar-refractivity contribution in [3.63, 3.8) is 0 Å². The molecule has 0 aromatic rings. The Labute approximate surface area is 64.1 Å². The predicted octanol–water partition coefficient (Wildman–Crippen LogP) is 0.760. The van der Waals surface area contributed by atoms with Crippen LogP contribution in [0.5, 0.6) is 0 Å². The minimum atomic E-state index is 0.0833. The predicted molar refractivity (Wildman–Crippen MR) is 41.0 cm³/mol. The van der Waals surface area contributed by atoms with Crippen LogP contribution in [0.25, 0.3) is 0 Å². The second kappa shape index (κ2) is 2.99. The van der Waals surface area contributed by atoms with E-state index < -0.39 is 0 Å². The molecule has 1 fully saturated rings. The molecule has 0 aromatic carbocycles. The minimum absolute atomic E-state index is 0.0833. The lowest BCUT2D eigenvalue weighted by atomic mass is 10.1. The van der Waals surface area contributed by atoms with E-state index in [0.29, 0.717) is 0 Å². The first kappa shape index (κ1) is 7.51. The SMILES string of the molecule is COC1(CBr)CCNC1. The number of halogens is 1. The molecule has 1 saturated heterocycles. The Balaban J connectivity index is 2.45. The maximum Gasteiger partial charge on any atom is 0.0910 e. The van der Waals surface area contributed by atoms with E-state index in [4.69, 9.17) is 4.74 Å². The molecule has 1 unspecified atom stereocenters. The number of methoxy groups -OCH3 is 1. The van der Waals surface area contributed by atoms with Crippen LogP contribution < -0.4 is 5.32 Å². The summed E-state index contributed by atoms with van der Waals surface area (Å²) in [6.07, 6.45) is 1.12. The molecule has 1 atom stereocenters. The number of ether oxygens (including phenoxy) is 1. The van der Waals surface area contributed by atoms with E-state index in [1.54, 1.807) is 7.11 Å². The van der Waals surface area contributed by atoms with Crippen LogP contribution in [0.2, 0.25) is 0 Å². The quantitative estimate of drug-likeness (QED) is 0.655. The van der Waals surface area contributed by atoms with Crippen molar-refractivity contribution in [1.82, 2.24) is 5.32 Å². The third-order valence-electron chi connectivity index (χ3n) is 1.88. The van der Waals surface area contributed by atoms with Crippen molar-refractivity contribution in [1.29, 1.82) is 0 Å². The van der Waals surface area contributed by atoms with Gasteiger partial charge in [-0.3, -0.25) is 0 Å². The molecule has 0 saturated carbocycles. The monoisotopic (exact) mass is 193 g/mol. The molecule has 0 radical (unpaired) electrons. The summed E-state index contributed by atoms with van der Waals surface area (Å²) in [6.45, 7) is 2.06. The highest BCUT2D eigenvalue weighted by Gasteiger charge is 2.31. The summed E-state index contributed by atoms with van der Waals surface area (Å²) < 4.78 is 5.34. The van der Waals surface area contributed by atoms with Crippen molar-refractivity contribution >= 4 is 15.9 Å². The molecule has 1 rings (SSSR count). The van der Waals surface area contributed by atoms with Gasteiger partial charge in [-0.25, -0.2) is 0 Å². The standard InChI is InChI=1S/C6H12BrNO/c1-9-6(4-7)2-3-8-5-6/h8H,2-5H2,1H3. The zero-order chi connectivity index (χ0) is 6.74. The van der Waals surface area contributed by atoms with Gasteiger partial charge in [0.05, 0.1) is 5.60 Å². The molecule has 1 heterocycles. The number of nitrogens with one attached hydrogen (secondary N) is 1. The number of hydrogen-bond acceptors (Lipinski definition) is 2. The van der Waals surface area contributed by atoms with Crippen molar-refractivity contribution in [2.45, 2.75) is 12.0 Å². The van der Waals surface area contributed by atoms with Crippen molar-refractivity contribution in [3.8, 4) is 0 Å². The van der Waals surface area contributed by atoms with E-state index in [0.717, 1.165) is 24.8 Å². The van der Waals surface area contributed by atoms with E-state index >= 15 is 0 Å². The largest absolute Gasteiger partial charge is 0.376 e. The molecule has 54 valence electrons. The third kappa shape index (κ3) is 1.45. The van der Waals surface area contributed by atoms with Gasteiger partial charge in [-0.15, -0.1) is 0 Å². The third-order valence-corrected chi connectivity index (χ3v) is 2.90. The van der Waals surface area contributed by atoms with Gasteiger partial charge >= 0.3 is 0 Å². The van der Waals surface area contributed by atoms with Crippen molar-refractivity contribution in [2.24, 2.45) is 0 Å². The van der Waals surface area contributed by atoms with Crippen LogP contribution in [-0.2, 0) is 4.74 Å². The number of alkyl halides is 1. The van der Waals surface area contributed by atoms with E-state index in [1.807, 2.05) is 0 Å². The van der Waals surface area contributed by atoms with E-state index in [-0.39, 0.29) is 5.60 Å². The summed E-state index contributed by atoms with van der Waals surface area (Å²) in [7, 11) is 1.77. The second-order valence-corrected chi connectivity index (χ2v) is 3.01. The maximum atomic E-state index is 5.34. The van der Waals surface area contributed by atoms with Gasteiger partial charge in [0.15, 0.2) is 0 Å². The van der Waals surface area contributed by atoms with E-state index in [1.165, 1.54) is 0 Å². The van der Waals surface area contributed by atoms with Crippen molar-refractivity contribution in [2.75, 3.05) is 25.5 Å². The highest BCUT2D eigenvalue weighted by molar-refractivity contribution is 9.09. The molecule has 1 N–H and O–H groups in total. The molecule has 3 heteroatoms. The van der Waals surface area contributed by atoms with Gasteiger partial charge in [0.25, 0.3) is 0 Å². The molecule has 9 heavy (non-hydrogen) atoms. The highest BCUT2D eigenvalue weighted by atomic mass is 79.9. The first-order chi connectivity index (χ1) is 4.33. The molecule has 0 bridgehead atoms. The Morgan fingerprint density at radius 3 is 2.78 bits per heavy atom. The van der Waals surface area contributed by atoms with Crippen LogP contribution in [-0.4, -0.2) is 31.1 Å². The van der Waals surface area contributed by atoms with Gasteiger partial charge in [-0.2, -0.15) is 0 Å². The molecule has 0 amide bonds. The zero-order valence-corrected chi connectivity index (χ0v) is 7.20. The van der Waals surface area contributed by atoms with Gasteiger partial charge in [0.1, 0.15) is 0 Å². The molecule has 1 aliphatic rings. The lowest BCUT2D eigenvalue weighted by Crippen LogP contribution is -2.35. The maximum absolute atomic E-state index is 5.34. The van der Waals surface area contributed by atoms with Crippen molar-refractivity contribution < 1.29 is 4.74 Å². The Hall–Kier alpha value is 0.400. The Morgan fingerprint density at radius 1 is 1.78 bits per heavy atom. The molecular weight excluding hydrogens is 182 g/mol. The fraction of sp³-hybridized carbons (Fsp3) is 1.00. The minimum Gasteiger partial charge on any atom is -0.376 e. The topological polar surface area (TPSA) is 21.3 Å². The molecule has 0 aromatic heterocycles. The summed E-state index contributed by atoms with van der Waals surface area (Å²) in [5.74, 6) is 0. The van der Waals surface area contributed by atoms with Crippen LogP contribution in [0.3, 0.4) is 0 Å². The van der Waals surface area contributed by atoms with Crippen LogP contribution in [0, 0.1) is 0 Å². The van der Waals surface area contributed by atoms with E-state index in [2.05, 4.69) is 21.2 Å². The van der Waals surface area contributed by atoms with Gasteiger partial charge in [-0.1, -0.05) is 15.9 Å². The zero-order valence-electron chi connectivity index (χ0n) is 5.61. The van der Waals surface area contributed by atoms with Crippen LogP contribution >= 0.6 is 15.9 Å². The molecule has 0 aliphatic carbocycles. The van der Waals surface area contributed by atoms with Crippen LogP contribution in [0.4, 0.5) is 0 Å². The highest BCUT2D eigenvalue weighted by Crippen LogP contribution is 2.20. The normalized spacial score (nSPS) is 35.3. The Morgan fingerprint density at radius 2 is 2.56 bits per heavy atom.